The van der Waals surface area contributed by atoms with Gasteiger partial charge in [0.05, 0.1) is 32.5 Å². The van der Waals surface area contributed by atoms with Gasteiger partial charge in [-0.25, -0.2) is 0 Å². The number of benzene rings is 2. The third-order valence-corrected chi connectivity index (χ3v) is 4.36. The molecule has 2 saturated heterocycles. The number of nitrogen functional groups attached to an aromatic ring is 1. The molecule has 0 bridgehead atoms. The topological polar surface area (TPSA) is 69.5 Å². The first-order valence-electron chi connectivity index (χ1n) is 8.18. The van der Waals surface area contributed by atoms with Crippen LogP contribution in [0.2, 0.25) is 0 Å². The maximum absolute atomic E-state index is 6.23. The number of nitrogens with two attached hydrogens (primary N) is 1. The molecule has 2 unspecified atom stereocenters. The van der Waals surface area contributed by atoms with E-state index in [9.17, 15) is 0 Å². The first kappa shape index (κ1) is 15.3. The van der Waals surface area contributed by atoms with Crippen LogP contribution in [-0.2, 0) is 22.3 Å². The van der Waals surface area contributed by atoms with E-state index in [4.69, 9.17) is 24.7 Å². The molecule has 2 fully saturated rings. The minimum atomic E-state index is 0.262. The van der Waals surface area contributed by atoms with Crippen LogP contribution in [0.1, 0.15) is 11.1 Å². The highest BCUT2D eigenvalue weighted by molar-refractivity contribution is 5.58. The van der Waals surface area contributed by atoms with E-state index in [0.29, 0.717) is 0 Å². The smallest absolute Gasteiger partial charge is 0.131 e. The highest BCUT2D eigenvalue weighted by Crippen LogP contribution is 2.36. The summed E-state index contributed by atoms with van der Waals surface area (Å²) in [6, 6.07) is 11.4. The van der Waals surface area contributed by atoms with Gasteiger partial charge in [0.2, 0.25) is 0 Å². The first-order valence-corrected chi connectivity index (χ1v) is 8.18. The number of methoxy groups -OCH3 is 1. The summed E-state index contributed by atoms with van der Waals surface area (Å²) >= 11 is 0. The molecule has 4 rings (SSSR count). The Labute approximate surface area is 141 Å². The zero-order valence-electron chi connectivity index (χ0n) is 13.7. The van der Waals surface area contributed by atoms with Gasteiger partial charge in [-0.2, -0.15) is 0 Å². The Balaban J connectivity index is 1.67. The summed E-state index contributed by atoms with van der Waals surface area (Å²) < 4.78 is 22.2. The fourth-order valence-electron chi connectivity index (χ4n) is 2.87. The second kappa shape index (κ2) is 6.34. The minimum Gasteiger partial charge on any atom is -0.497 e. The maximum Gasteiger partial charge on any atom is 0.131 e. The van der Waals surface area contributed by atoms with Gasteiger partial charge in [-0.1, -0.05) is 6.07 Å². The van der Waals surface area contributed by atoms with E-state index < -0.39 is 0 Å². The van der Waals surface area contributed by atoms with Crippen LogP contribution in [-0.4, -0.2) is 32.5 Å². The second-order valence-corrected chi connectivity index (χ2v) is 6.21. The normalized spacial score (nSPS) is 21.4. The van der Waals surface area contributed by atoms with Crippen molar-refractivity contribution in [2.75, 3.05) is 26.1 Å². The zero-order valence-corrected chi connectivity index (χ0v) is 13.7. The fourth-order valence-corrected chi connectivity index (χ4v) is 2.87. The van der Waals surface area contributed by atoms with Gasteiger partial charge in [0, 0.05) is 30.2 Å². The van der Waals surface area contributed by atoms with Gasteiger partial charge in [-0.15, -0.1) is 0 Å². The molecule has 0 amide bonds. The van der Waals surface area contributed by atoms with Gasteiger partial charge in [0.15, 0.2) is 0 Å². The van der Waals surface area contributed by atoms with Gasteiger partial charge in [0.25, 0.3) is 0 Å². The monoisotopic (exact) mass is 327 g/mol. The van der Waals surface area contributed by atoms with E-state index in [0.717, 1.165) is 60.1 Å². The molecule has 0 radical (unpaired) electrons. The second-order valence-electron chi connectivity index (χ2n) is 6.21. The lowest BCUT2D eigenvalue weighted by Gasteiger charge is -2.17. The van der Waals surface area contributed by atoms with E-state index >= 15 is 0 Å². The van der Waals surface area contributed by atoms with Crippen LogP contribution in [0.3, 0.4) is 0 Å². The molecule has 24 heavy (non-hydrogen) atoms. The molecule has 2 atom stereocenters. The number of anilines is 1. The fraction of sp³-hybridized carbons (Fsp3) is 0.368. The molecule has 0 saturated carbocycles. The Kier molecular flexibility index (Phi) is 4.04. The third-order valence-electron chi connectivity index (χ3n) is 4.36. The van der Waals surface area contributed by atoms with Crippen LogP contribution >= 0.6 is 0 Å². The van der Waals surface area contributed by atoms with Gasteiger partial charge < -0.3 is 24.7 Å². The van der Waals surface area contributed by atoms with Crippen LogP contribution in [0.5, 0.6) is 17.2 Å². The summed E-state index contributed by atoms with van der Waals surface area (Å²) in [4.78, 5) is 0. The first-order chi connectivity index (χ1) is 11.7. The molecule has 2 aliphatic rings. The molecule has 5 heteroatoms. The van der Waals surface area contributed by atoms with Crippen LogP contribution in [0, 0.1) is 0 Å². The summed E-state index contributed by atoms with van der Waals surface area (Å²) in [7, 11) is 1.64. The Hall–Kier alpha value is -2.24. The summed E-state index contributed by atoms with van der Waals surface area (Å²) in [6.45, 7) is 1.60. The molecule has 2 heterocycles. The van der Waals surface area contributed by atoms with Crippen molar-refractivity contribution < 1.29 is 18.9 Å². The van der Waals surface area contributed by atoms with Gasteiger partial charge in [0.1, 0.15) is 17.2 Å². The van der Waals surface area contributed by atoms with E-state index in [1.165, 1.54) is 0 Å². The number of hydrogen-bond acceptors (Lipinski definition) is 5. The Morgan fingerprint density at radius 3 is 2.33 bits per heavy atom. The maximum atomic E-state index is 6.23. The molecule has 0 spiro atoms. The van der Waals surface area contributed by atoms with Crippen molar-refractivity contribution in [1.82, 2.24) is 0 Å². The van der Waals surface area contributed by atoms with Crippen LogP contribution < -0.4 is 15.2 Å². The molecule has 5 nitrogen and oxygen atoms in total. The SMILES string of the molecule is COc1cccc(Oc2ccc(N)c(CC3CO3)c2CC2CO2)c1. The van der Waals surface area contributed by atoms with Gasteiger partial charge in [-0.05, 0) is 29.8 Å². The van der Waals surface area contributed by atoms with Crippen LogP contribution in [0.25, 0.3) is 0 Å². The highest BCUT2D eigenvalue weighted by Gasteiger charge is 2.30. The lowest BCUT2D eigenvalue weighted by atomic mass is 9.96. The average molecular weight is 327 g/mol. The number of rotatable bonds is 7. The van der Waals surface area contributed by atoms with Crippen LogP contribution in [0.4, 0.5) is 5.69 Å². The Bertz CT molecular complexity index is 738. The van der Waals surface area contributed by atoms with E-state index in [2.05, 4.69) is 0 Å². The van der Waals surface area contributed by atoms with Crippen molar-refractivity contribution in [3.8, 4) is 17.2 Å². The molecule has 2 aromatic rings. The van der Waals surface area contributed by atoms with Gasteiger partial charge >= 0.3 is 0 Å². The quantitative estimate of drug-likeness (QED) is 0.625. The largest absolute Gasteiger partial charge is 0.497 e. The molecule has 2 aliphatic heterocycles. The summed E-state index contributed by atoms with van der Waals surface area (Å²) in [5, 5.41) is 0. The van der Waals surface area contributed by atoms with E-state index in [1.807, 2.05) is 36.4 Å². The average Bonchev–Trinajstić information content (AvgIpc) is 3.49. The van der Waals surface area contributed by atoms with Crippen molar-refractivity contribution in [2.45, 2.75) is 25.0 Å². The molecule has 2 N–H and O–H groups in total. The Morgan fingerprint density at radius 1 is 1.00 bits per heavy atom. The predicted molar refractivity (Wildman–Crippen MR) is 90.8 cm³/mol. The molecular formula is C19H21NO4. The summed E-state index contributed by atoms with van der Waals surface area (Å²) in [5.41, 5.74) is 9.26. The molecular weight excluding hydrogens is 306 g/mol. The van der Waals surface area contributed by atoms with Crippen molar-refractivity contribution in [3.63, 3.8) is 0 Å². The van der Waals surface area contributed by atoms with Crippen molar-refractivity contribution >= 4 is 5.69 Å². The molecule has 0 aliphatic carbocycles. The van der Waals surface area contributed by atoms with Crippen LogP contribution in [0.15, 0.2) is 36.4 Å². The Morgan fingerprint density at radius 2 is 1.67 bits per heavy atom. The molecule has 2 aromatic carbocycles. The minimum absolute atomic E-state index is 0.262. The van der Waals surface area contributed by atoms with E-state index in [1.54, 1.807) is 7.11 Å². The van der Waals surface area contributed by atoms with Crippen molar-refractivity contribution in [1.29, 1.82) is 0 Å². The van der Waals surface area contributed by atoms with Crippen molar-refractivity contribution in [2.24, 2.45) is 0 Å². The zero-order chi connectivity index (χ0) is 16.5. The standard InChI is InChI=1S/C19H21NO4/c1-21-12-3-2-4-13(7-12)24-19-6-5-18(20)16(8-14-10-22-14)17(19)9-15-11-23-15/h2-7,14-15H,8-11,20H2,1H3. The number of ether oxygens (including phenoxy) is 4. The van der Waals surface area contributed by atoms with Gasteiger partial charge in [-0.3, -0.25) is 0 Å². The number of epoxide rings is 2. The third kappa shape index (κ3) is 3.47. The molecule has 0 aromatic heterocycles. The summed E-state index contributed by atoms with van der Waals surface area (Å²) in [5.74, 6) is 2.33. The predicted octanol–water partition coefficient (Wildman–Crippen LogP) is 2.95. The lowest BCUT2D eigenvalue weighted by Crippen LogP contribution is -2.08. The number of hydrogen-bond donors (Lipinski definition) is 1. The highest BCUT2D eigenvalue weighted by atomic mass is 16.6. The lowest BCUT2D eigenvalue weighted by molar-refractivity contribution is 0.396. The van der Waals surface area contributed by atoms with Crippen molar-refractivity contribution in [3.05, 3.63) is 47.5 Å². The van der Waals surface area contributed by atoms with E-state index in [-0.39, 0.29) is 12.2 Å². The molecule has 126 valence electrons. The summed E-state index contributed by atoms with van der Waals surface area (Å²) in [6.07, 6.45) is 2.17.